The number of amides is 1. The number of carbonyl (C=O) groups is 1. The molecule has 0 radical (unpaired) electrons. The lowest BCUT2D eigenvalue weighted by Crippen LogP contribution is -2.34. The molecule has 0 saturated carbocycles. The Morgan fingerprint density at radius 1 is 1.44 bits per heavy atom. The molecule has 2 rings (SSSR count). The Balaban J connectivity index is 2.36. The van der Waals surface area contributed by atoms with E-state index in [1.807, 2.05) is 0 Å². The van der Waals surface area contributed by atoms with E-state index in [4.69, 9.17) is 23.2 Å². The Morgan fingerprint density at radius 3 is 2.67 bits per heavy atom. The van der Waals surface area contributed by atoms with Crippen LogP contribution in [0, 0.1) is 5.92 Å². The van der Waals surface area contributed by atoms with Gasteiger partial charge in [-0.15, -0.1) is 0 Å². The van der Waals surface area contributed by atoms with Gasteiger partial charge in [-0.25, -0.2) is 5.43 Å². The minimum Gasteiger partial charge on any atom is -0.388 e. The fourth-order valence-electron chi connectivity index (χ4n) is 1.96. The number of aliphatic hydroxyl groups is 1. The van der Waals surface area contributed by atoms with Gasteiger partial charge in [0.05, 0.1) is 6.10 Å². The first kappa shape index (κ1) is 13.3. The highest BCUT2D eigenvalue weighted by Crippen LogP contribution is 2.36. The fourth-order valence-corrected chi connectivity index (χ4v) is 2.58. The first-order chi connectivity index (χ1) is 8.50. The second kappa shape index (κ2) is 5.26. The van der Waals surface area contributed by atoms with E-state index in [2.05, 4.69) is 10.5 Å². The summed E-state index contributed by atoms with van der Waals surface area (Å²) in [6.07, 6.45) is -0.779. The lowest BCUT2D eigenvalue weighted by molar-refractivity contribution is -0.122. The average Bonchev–Trinajstić information content (AvgIpc) is 2.32. The molecule has 1 aliphatic heterocycles. The van der Waals surface area contributed by atoms with Crippen LogP contribution in [0.2, 0.25) is 10.0 Å². The van der Waals surface area contributed by atoms with Crippen LogP contribution in [0.1, 0.15) is 25.0 Å². The van der Waals surface area contributed by atoms with Gasteiger partial charge >= 0.3 is 0 Å². The van der Waals surface area contributed by atoms with Crippen molar-refractivity contribution in [1.29, 1.82) is 0 Å². The summed E-state index contributed by atoms with van der Waals surface area (Å²) in [7, 11) is 0. The van der Waals surface area contributed by atoms with Gasteiger partial charge in [0.1, 0.15) is 0 Å². The van der Waals surface area contributed by atoms with Crippen LogP contribution < -0.4 is 5.43 Å². The molecule has 0 spiro atoms. The van der Waals surface area contributed by atoms with Gasteiger partial charge in [-0.05, 0) is 19.1 Å². The Kier molecular flexibility index (Phi) is 3.90. The Hall–Kier alpha value is -1.10. The van der Waals surface area contributed by atoms with Gasteiger partial charge in [0.2, 0.25) is 5.91 Å². The molecule has 96 valence electrons. The van der Waals surface area contributed by atoms with Crippen molar-refractivity contribution in [2.45, 2.75) is 19.4 Å². The Bertz CT molecular complexity index is 497. The van der Waals surface area contributed by atoms with Gasteiger partial charge in [0, 0.05) is 33.7 Å². The van der Waals surface area contributed by atoms with Gasteiger partial charge < -0.3 is 5.11 Å². The molecule has 1 aromatic rings. The molecule has 1 amide bonds. The summed E-state index contributed by atoms with van der Waals surface area (Å²) in [6.45, 7) is 1.75. The molecule has 2 N–H and O–H groups in total. The van der Waals surface area contributed by atoms with Crippen molar-refractivity contribution in [2.75, 3.05) is 0 Å². The fraction of sp³-hybridized carbons (Fsp3) is 0.333. The third-order valence-electron chi connectivity index (χ3n) is 2.98. The number of benzene rings is 1. The summed E-state index contributed by atoms with van der Waals surface area (Å²) >= 11 is 12.1. The van der Waals surface area contributed by atoms with E-state index in [9.17, 15) is 9.90 Å². The lowest BCUT2D eigenvalue weighted by Gasteiger charge is -2.26. The molecule has 0 aliphatic carbocycles. The third-order valence-corrected chi connectivity index (χ3v) is 3.63. The maximum absolute atomic E-state index is 11.3. The number of hydrogen-bond acceptors (Lipinski definition) is 3. The molecule has 1 heterocycles. The zero-order valence-electron chi connectivity index (χ0n) is 9.65. The van der Waals surface area contributed by atoms with Gasteiger partial charge in [-0.1, -0.05) is 29.3 Å². The zero-order valence-corrected chi connectivity index (χ0v) is 11.2. The van der Waals surface area contributed by atoms with Crippen LogP contribution in [0.3, 0.4) is 0 Å². The Labute approximate surface area is 115 Å². The average molecular weight is 287 g/mol. The highest BCUT2D eigenvalue weighted by atomic mass is 35.5. The molecule has 0 unspecified atom stereocenters. The van der Waals surface area contributed by atoms with E-state index < -0.39 is 12.0 Å². The second-order valence-electron chi connectivity index (χ2n) is 4.18. The summed E-state index contributed by atoms with van der Waals surface area (Å²) in [6, 6.07) is 5.01. The second-order valence-corrected chi connectivity index (χ2v) is 4.99. The summed E-state index contributed by atoms with van der Waals surface area (Å²) in [5.74, 6) is -0.635. The quantitative estimate of drug-likeness (QED) is 0.878. The summed E-state index contributed by atoms with van der Waals surface area (Å²) in [5, 5.41) is 15.0. The number of carbonyl (C=O) groups excluding carboxylic acids is 1. The number of nitrogens with zero attached hydrogens (tertiary/aromatic N) is 1. The van der Waals surface area contributed by atoms with Crippen molar-refractivity contribution in [2.24, 2.45) is 11.0 Å². The summed E-state index contributed by atoms with van der Waals surface area (Å²) < 4.78 is 0. The standard InChI is InChI=1S/C12H12Cl2N2O2/c1-6-7(5-10(17)16-15-6)12(18)11-8(13)3-2-4-9(11)14/h2-4,7,12,18H,5H2,1H3,(H,16,17)/t7-,12+/m1/s1. The predicted molar refractivity (Wildman–Crippen MR) is 70.8 cm³/mol. The SMILES string of the molecule is CC1=NNC(=O)C[C@H]1[C@H](O)c1c(Cl)cccc1Cl. The third kappa shape index (κ3) is 2.51. The minimum absolute atomic E-state index is 0.165. The monoisotopic (exact) mass is 286 g/mol. The van der Waals surface area contributed by atoms with Crippen LogP contribution in [0.15, 0.2) is 23.3 Å². The molecule has 1 aliphatic rings. The maximum Gasteiger partial charge on any atom is 0.240 e. The number of nitrogens with one attached hydrogen (secondary N) is 1. The first-order valence-electron chi connectivity index (χ1n) is 5.45. The van der Waals surface area contributed by atoms with Crippen molar-refractivity contribution in [3.8, 4) is 0 Å². The van der Waals surface area contributed by atoms with Crippen molar-refractivity contribution in [1.82, 2.24) is 5.43 Å². The normalized spacial score (nSPS) is 21.2. The minimum atomic E-state index is -0.944. The van der Waals surface area contributed by atoms with Crippen molar-refractivity contribution < 1.29 is 9.90 Å². The zero-order chi connectivity index (χ0) is 13.3. The molecule has 0 bridgehead atoms. The largest absolute Gasteiger partial charge is 0.388 e. The van der Waals surface area contributed by atoms with Gasteiger partial charge in [0.25, 0.3) is 0 Å². The molecule has 1 aromatic carbocycles. The van der Waals surface area contributed by atoms with E-state index in [0.29, 0.717) is 21.3 Å². The van der Waals surface area contributed by atoms with E-state index in [-0.39, 0.29) is 12.3 Å². The molecular weight excluding hydrogens is 275 g/mol. The smallest absolute Gasteiger partial charge is 0.240 e. The number of hydrogen-bond donors (Lipinski definition) is 2. The van der Waals surface area contributed by atoms with Gasteiger partial charge in [-0.2, -0.15) is 5.10 Å². The van der Waals surface area contributed by atoms with Crippen LogP contribution in [-0.4, -0.2) is 16.7 Å². The number of aliphatic hydroxyl groups excluding tert-OH is 1. The van der Waals surface area contributed by atoms with Crippen molar-refractivity contribution >= 4 is 34.8 Å². The van der Waals surface area contributed by atoms with Crippen LogP contribution >= 0.6 is 23.2 Å². The summed E-state index contributed by atoms with van der Waals surface area (Å²) in [5.41, 5.74) is 3.46. The van der Waals surface area contributed by atoms with Crippen LogP contribution in [-0.2, 0) is 4.79 Å². The lowest BCUT2D eigenvalue weighted by atomic mass is 9.88. The van der Waals surface area contributed by atoms with E-state index in [1.165, 1.54) is 0 Å². The number of rotatable bonds is 2. The van der Waals surface area contributed by atoms with E-state index >= 15 is 0 Å². The predicted octanol–water partition coefficient (Wildman–Crippen LogP) is 2.54. The molecule has 0 saturated heterocycles. The van der Waals surface area contributed by atoms with Gasteiger partial charge in [-0.3, -0.25) is 4.79 Å². The van der Waals surface area contributed by atoms with Crippen molar-refractivity contribution in [3.63, 3.8) is 0 Å². The highest BCUT2D eigenvalue weighted by Gasteiger charge is 2.31. The molecule has 0 fully saturated rings. The van der Waals surface area contributed by atoms with Crippen LogP contribution in [0.25, 0.3) is 0 Å². The number of hydrazone groups is 1. The highest BCUT2D eigenvalue weighted by molar-refractivity contribution is 6.36. The van der Waals surface area contributed by atoms with Gasteiger partial charge in [0.15, 0.2) is 0 Å². The van der Waals surface area contributed by atoms with E-state index in [0.717, 1.165) is 0 Å². The van der Waals surface area contributed by atoms with Crippen molar-refractivity contribution in [3.05, 3.63) is 33.8 Å². The molecule has 18 heavy (non-hydrogen) atoms. The topological polar surface area (TPSA) is 61.7 Å². The number of halogens is 2. The van der Waals surface area contributed by atoms with Crippen LogP contribution in [0.5, 0.6) is 0 Å². The molecule has 2 atom stereocenters. The first-order valence-corrected chi connectivity index (χ1v) is 6.21. The molecule has 0 aromatic heterocycles. The van der Waals surface area contributed by atoms with E-state index in [1.54, 1.807) is 25.1 Å². The Morgan fingerprint density at radius 2 is 2.06 bits per heavy atom. The molecule has 6 heteroatoms. The summed E-state index contributed by atoms with van der Waals surface area (Å²) in [4.78, 5) is 11.3. The van der Waals surface area contributed by atoms with Crippen LogP contribution in [0.4, 0.5) is 0 Å². The maximum atomic E-state index is 11.3. The molecule has 4 nitrogen and oxygen atoms in total. The molecular formula is C12H12Cl2N2O2.